The molecule has 4 rings (SSSR count). The molecule has 190 valence electrons. The molecule has 7 nitrogen and oxygen atoms in total. The van der Waals surface area contributed by atoms with Crippen molar-refractivity contribution in [3.05, 3.63) is 108 Å². The molecule has 0 aliphatic carbocycles. The summed E-state index contributed by atoms with van der Waals surface area (Å²) in [5.74, 6) is -0.499. The highest BCUT2D eigenvalue weighted by Crippen LogP contribution is 2.31. The highest BCUT2D eigenvalue weighted by atomic mass is 16.7. The minimum absolute atomic E-state index is 0.262. The highest BCUT2D eigenvalue weighted by molar-refractivity contribution is 5.66. The number of rotatable bonds is 11. The van der Waals surface area contributed by atoms with Crippen molar-refractivity contribution in [1.82, 2.24) is 0 Å². The molecule has 1 unspecified atom stereocenters. The highest BCUT2D eigenvalue weighted by Gasteiger charge is 2.49. The van der Waals surface area contributed by atoms with Gasteiger partial charge in [0, 0.05) is 6.92 Å². The van der Waals surface area contributed by atoms with Crippen molar-refractivity contribution in [3.8, 4) is 0 Å². The second kappa shape index (κ2) is 13.3. The molecule has 7 heteroatoms. The van der Waals surface area contributed by atoms with Crippen LogP contribution in [0.25, 0.3) is 0 Å². The van der Waals surface area contributed by atoms with Gasteiger partial charge in [-0.1, -0.05) is 91.0 Å². The number of aliphatic hydroxyl groups is 1. The Kier molecular flexibility index (Phi) is 9.61. The number of carbonyl (C=O) groups is 1. The monoisotopic (exact) mass is 492 g/mol. The number of carbonyl (C=O) groups excluding carboxylic acids is 1. The zero-order valence-corrected chi connectivity index (χ0v) is 20.3. The van der Waals surface area contributed by atoms with E-state index in [1.165, 1.54) is 6.92 Å². The van der Waals surface area contributed by atoms with Crippen LogP contribution in [-0.2, 0) is 48.3 Å². The summed E-state index contributed by atoms with van der Waals surface area (Å²) in [7, 11) is 0. The van der Waals surface area contributed by atoms with Crippen LogP contribution in [0.1, 0.15) is 23.6 Å². The molecule has 0 saturated carbocycles. The molecule has 1 heterocycles. The molecule has 1 fully saturated rings. The van der Waals surface area contributed by atoms with Crippen molar-refractivity contribution >= 4 is 5.97 Å². The predicted molar refractivity (Wildman–Crippen MR) is 133 cm³/mol. The van der Waals surface area contributed by atoms with Gasteiger partial charge in [-0.25, -0.2) is 0 Å². The van der Waals surface area contributed by atoms with Gasteiger partial charge < -0.3 is 28.8 Å². The average molecular weight is 493 g/mol. The molecule has 0 bridgehead atoms. The van der Waals surface area contributed by atoms with Crippen LogP contribution in [0.4, 0.5) is 0 Å². The zero-order chi connectivity index (χ0) is 25.2. The van der Waals surface area contributed by atoms with E-state index in [0.29, 0.717) is 0 Å². The van der Waals surface area contributed by atoms with Crippen LogP contribution in [0.3, 0.4) is 0 Å². The van der Waals surface area contributed by atoms with Gasteiger partial charge >= 0.3 is 5.97 Å². The van der Waals surface area contributed by atoms with Crippen LogP contribution >= 0.6 is 0 Å². The lowest BCUT2D eigenvalue weighted by molar-refractivity contribution is -0.323. The topological polar surface area (TPSA) is 83.5 Å². The summed E-state index contributed by atoms with van der Waals surface area (Å²) in [6.07, 6.45) is -4.06. The Labute approximate surface area is 211 Å². The van der Waals surface area contributed by atoms with Crippen molar-refractivity contribution in [1.29, 1.82) is 0 Å². The van der Waals surface area contributed by atoms with E-state index in [2.05, 4.69) is 0 Å². The van der Waals surface area contributed by atoms with Crippen LogP contribution in [0.2, 0.25) is 0 Å². The molecular formula is C29H32O7. The van der Waals surface area contributed by atoms with Gasteiger partial charge in [-0.3, -0.25) is 4.79 Å². The third kappa shape index (κ3) is 7.22. The number of esters is 1. The molecule has 3 aromatic rings. The summed E-state index contributed by atoms with van der Waals surface area (Å²) in [4.78, 5) is 12.0. The Morgan fingerprint density at radius 1 is 0.694 bits per heavy atom. The minimum Gasteiger partial charge on any atom is -0.457 e. The molecule has 0 spiro atoms. The van der Waals surface area contributed by atoms with Gasteiger partial charge in [0.15, 0.2) is 12.4 Å². The molecule has 0 radical (unpaired) electrons. The van der Waals surface area contributed by atoms with Crippen molar-refractivity contribution in [2.45, 2.75) is 57.5 Å². The van der Waals surface area contributed by atoms with Gasteiger partial charge in [0.2, 0.25) is 0 Å². The van der Waals surface area contributed by atoms with E-state index in [4.69, 9.17) is 23.7 Å². The summed E-state index contributed by atoms with van der Waals surface area (Å²) in [6.45, 7) is 1.76. The quantitative estimate of drug-likeness (QED) is 0.405. The molecule has 3 aromatic carbocycles. The first kappa shape index (κ1) is 26.0. The van der Waals surface area contributed by atoms with E-state index in [0.717, 1.165) is 16.7 Å². The Balaban J connectivity index is 1.60. The number of ether oxygens (including phenoxy) is 5. The van der Waals surface area contributed by atoms with Crippen molar-refractivity contribution in [2.24, 2.45) is 0 Å². The summed E-state index contributed by atoms with van der Waals surface area (Å²) >= 11 is 0. The summed E-state index contributed by atoms with van der Waals surface area (Å²) in [6, 6.07) is 29.1. The maximum atomic E-state index is 12.0. The fourth-order valence-electron chi connectivity index (χ4n) is 4.15. The molecule has 36 heavy (non-hydrogen) atoms. The number of benzene rings is 3. The Hall–Kier alpha value is -3.07. The summed E-state index contributed by atoms with van der Waals surface area (Å²) in [5.41, 5.74) is 2.89. The van der Waals surface area contributed by atoms with Crippen LogP contribution in [-0.4, -0.2) is 48.4 Å². The minimum atomic E-state index is -0.881. The lowest BCUT2D eigenvalue weighted by atomic mass is 9.98. The maximum Gasteiger partial charge on any atom is 0.303 e. The molecule has 1 aliphatic heterocycles. The normalized spacial score (nSPS) is 23.8. The molecule has 0 aromatic heterocycles. The molecule has 5 atom stereocenters. The van der Waals surface area contributed by atoms with E-state index < -0.39 is 36.7 Å². The largest absolute Gasteiger partial charge is 0.457 e. The number of hydrogen-bond acceptors (Lipinski definition) is 7. The van der Waals surface area contributed by atoms with Crippen molar-refractivity contribution in [2.75, 3.05) is 6.61 Å². The van der Waals surface area contributed by atoms with E-state index in [1.54, 1.807) is 0 Å². The van der Waals surface area contributed by atoms with Gasteiger partial charge in [0.25, 0.3) is 0 Å². The van der Waals surface area contributed by atoms with Gasteiger partial charge in [-0.2, -0.15) is 0 Å². The van der Waals surface area contributed by atoms with Gasteiger partial charge in [0.1, 0.15) is 18.3 Å². The first-order chi connectivity index (χ1) is 17.6. The predicted octanol–water partition coefficient (Wildman–Crippen LogP) is 4.02. The standard InChI is InChI=1S/C29H32O7/c1-21(31)35-26-25(17-30)36-29(34-20-24-15-9-4-10-16-24)28(33-19-23-13-7-3-8-14-23)27(26)32-18-22-11-5-2-6-12-22/h2-16,25-30H,17-20H2,1H3/t25-,26-,27+,28-,29?/m1/s1. The third-order valence-corrected chi connectivity index (χ3v) is 5.90. The van der Waals surface area contributed by atoms with Crippen LogP contribution in [0, 0.1) is 0 Å². The molecule has 1 saturated heterocycles. The first-order valence-electron chi connectivity index (χ1n) is 12.0. The SMILES string of the molecule is CC(=O)O[C@H]1[C@H](OCc2ccccc2)[C@@H](OCc2ccccc2)C(OCc2ccccc2)O[C@@H]1CO. The number of aliphatic hydroxyl groups excluding tert-OH is 1. The van der Waals surface area contributed by atoms with E-state index in [9.17, 15) is 9.90 Å². The molecule has 1 aliphatic rings. The van der Waals surface area contributed by atoms with E-state index >= 15 is 0 Å². The van der Waals surface area contributed by atoms with Crippen molar-refractivity contribution < 1.29 is 33.6 Å². The zero-order valence-electron chi connectivity index (χ0n) is 20.3. The third-order valence-electron chi connectivity index (χ3n) is 5.90. The fourth-order valence-corrected chi connectivity index (χ4v) is 4.15. The van der Waals surface area contributed by atoms with Gasteiger partial charge in [0.05, 0.1) is 26.4 Å². The lowest BCUT2D eigenvalue weighted by Gasteiger charge is -2.45. The summed E-state index contributed by atoms with van der Waals surface area (Å²) in [5, 5.41) is 10.1. The molecule has 1 N–H and O–H groups in total. The summed E-state index contributed by atoms with van der Waals surface area (Å²) < 4.78 is 30.5. The smallest absolute Gasteiger partial charge is 0.303 e. The Bertz CT molecular complexity index is 1040. The van der Waals surface area contributed by atoms with E-state index in [1.807, 2.05) is 91.0 Å². The van der Waals surface area contributed by atoms with Gasteiger partial charge in [-0.15, -0.1) is 0 Å². The fraction of sp³-hybridized carbons (Fsp3) is 0.345. The number of hydrogen-bond donors (Lipinski definition) is 1. The van der Waals surface area contributed by atoms with Crippen LogP contribution in [0.15, 0.2) is 91.0 Å². The molecule has 0 amide bonds. The maximum absolute atomic E-state index is 12.0. The van der Waals surface area contributed by atoms with E-state index in [-0.39, 0.29) is 26.4 Å². The van der Waals surface area contributed by atoms with Crippen molar-refractivity contribution in [3.63, 3.8) is 0 Å². The van der Waals surface area contributed by atoms with Crippen LogP contribution < -0.4 is 0 Å². The van der Waals surface area contributed by atoms with Gasteiger partial charge in [-0.05, 0) is 16.7 Å². The second-order valence-electron chi connectivity index (χ2n) is 8.62. The first-order valence-corrected chi connectivity index (χ1v) is 12.0. The van der Waals surface area contributed by atoms with Crippen LogP contribution in [0.5, 0.6) is 0 Å². The lowest BCUT2D eigenvalue weighted by Crippen LogP contribution is -2.62. The Morgan fingerprint density at radius 2 is 1.14 bits per heavy atom. The molecular weight excluding hydrogens is 460 g/mol. The second-order valence-corrected chi connectivity index (χ2v) is 8.62. The Morgan fingerprint density at radius 3 is 1.58 bits per heavy atom. The average Bonchev–Trinajstić information content (AvgIpc) is 2.92.